The van der Waals surface area contributed by atoms with Crippen molar-refractivity contribution in [3.05, 3.63) is 34.3 Å². The summed E-state index contributed by atoms with van der Waals surface area (Å²) in [6.07, 6.45) is 3.16. The molecule has 1 amide bonds. The molecule has 0 N–H and O–H groups in total. The Hall–Kier alpha value is -0.830. The van der Waals surface area contributed by atoms with Crippen LogP contribution in [-0.2, 0) is 0 Å². The highest BCUT2D eigenvalue weighted by Crippen LogP contribution is 2.16. The molecule has 1 aromatic carbocycles. The Morgan fingerprint density at radius 2 is 2.11 bits per heavy atom. The third-order valence-electron chi connectivity index (χ3n) is 3.21. The van der Waals surface area contributed by atoms with Crippen LogP contribution in [-0.4, -0.2) is 23.4 Å². The summed E-state index contributed by atoms with van der Waals surface area (Å²) in [4.78, 5) is 14.5. The first-order valence-corrected chi connectivity index (χ1v) is 7.46. The van der Waals surface area contributed by atoms with E-state index in [4.69, 9.17) is 0 Å². The number of hydrogen-bond acceptors (Lipinski definition) is 1. The smallest absolute Gasteiger partial charge is 0.254 e. The molecule has 1 unspecified atom stereocenters. The predicted molar refractivity (Wildman–Crippen MR) is 79.8 cm³/mol. The molecule has 0 spiro atoms. The Morgan fingerprint density at radius 1 is 1.39 bits per heavy atom. The van der Waals surface area contributed by atoms with Crippen LogP contribution in [0.2, 0.25) is 0 Å². The van der Waals surface area contributed by atoms with Gasteiger partial charge in [0.2, 0.25) is 0 Å². The second-order valence-corrected chi connectivity index (χ2v) is 5.54. The summed E-state index contributed by atoms with van der Waals surface area (Å²) >= 11 is 3.42. The maximum atomic E-state index is 12.5. The van der Waals surface area contributed by atoms with E-state index in [0.29, 0.717) is 6.04 Å². The molecule has 0 heterocycles. The van der Waals surface area contributed by atoms with Gasteiger partial charge in [0.05, 0.1) is 0 Å². The van der Waals surface area contributed by atoms with Gasteiger partial charge in [0.1, 0.15) is 0 Å². The summed E-state index contributed by atoms with van der Waals surface area (Å²) in [5, 5.41) is 0. The first-order valence-electron chi connectivity index (χ1n) is 6.66. The lowest BCUT2D eigenvalue weighted by Crippen LogP contribution is -2.39. The van der Waals surface area contributed by atoms with Crippen molar-refractivity contribution in [2.24, 2.45) is 0 Å². The predicted octanol–water partition coefficient (Wildman–Crippen LogP) is 4.49. The standard InChI is InChI=1S/C15H22BrNO/c1-4-6-10-17(12(3)5-2)15(18)13-8-7-9-14(16)11-13/h7-9,11-12H,4-6,10H2,1-3H3. The van der Waals surface area contributed by atoms with Gasteiger partial charge in [0, 0.05) is 22.6 Å². The van der Waals surface area contributed by atoms with Gasteiger partial charge >= 0.3 is 0 Å². The van der Waals surface area contributed by atoms with E-state index in [1.165, 1.54) is 0 Å². The minimum absolute atomic E-state index is 0.138. The average Bonchev–Trinajstić information content (AvgIpc) is 2.38. The van der Waals surface area contributed by atoms with Crippen molar-refractivity contribution < 1.29 is 4.79 Å². The van der Waals surface area contributed by atoms with Gasteiger partial charge in [-0.3, -0.25) is 4.79 Å². The van der Waals surface area contributed by atoms with E-state index in [2.05, 4.69) is 36.7 Å². The summed E-state index contributed by atoms with van der Waals surface area (Å²) in [5.74, 6) is 0.138. The van der Waals surface area contributed by atoms with E-state index >= 15 is 0 Å². The van der Waals surface area contributed by atoms with Crippen LogP contribution in [0.15, 0.2) is 28.7 Å². The van der Waals surface area contributed by atoms with E-state index in [0.717, 1.165) is 35.8 Å². The van der Waals surface area contributed by atoms with Crippen LogP contribution in [0.4, 0.5) is 0 Å². The van der Waals surface area contributed by atoms with Crippen molar-refractivity contribution in [1.29, 1.82) is 0 Å². The monoisotopic (exact) mass is 311 g/mol. The lowest BCUT2D eigenvalue weighted by Gasteiger charge is -2.28. The van der Waals surface area contributed by atoms with Crippen molar-refractivity contribution in [3.8, 4) is 0 Å². The maximum Gasteiger partial charge on any atom is 0.254 e. The SMILES string of the molecule is CCCCN(C(=O)c1cccc(Br)c1)C(C)CC. The molecular weight excluding hydrogens is 290 g/mol. The average molecular weight is 312 g/mol. The molecule has 18 heavy (non-hydrogen) atoms. The van der Waals surface area contributed by atoms with Gasteiger partial charge in [-0.15, -0.1) is 0 Å². The normalized spacial score (nSPS) is 12.2. The minimum atomic E-state index is 0.138. The number of rotatable bonds is 6. The zero-order valence-corrected chi connectivity index (χ0v) is 13.0. The van der Waals surface area contributed by atoms with Crippen LogP contribution in [0.3, 0.4) is 0 Å². The third kappa shape index (κ3) is 4.13. The minimum Gasteiger partial charge on any atom is -0.336 e. The van der Waals surface area contributed by atoms with Gasteiger partial charge in [-0.1, -0.05) is 42.3 Å². The van der Waals surface area contributed by atoms with Crippen molar-refractivity contribution in [2.75, 3.05) is 6.54 Å². The number of hydrogen-bond donors (Lipinski definition) is 0. The number of amides is 1. The van der Waals surface area contributed by atoms with Crippen molar-refractivity contribution >= 4 is 21.8 Å². The molecule has 0 saturated heterocycles. The largest absolute Gasteiger partial charge is 0.336 e. The molecule has 2 nitrogen and oxygen atoms in total. The second-order valence-electron chi connectivity index (χ2n) is 4.62. The highest BCUT2D eigenvalue weighted by molar-refractivity contribution is 9.10. The molecule has 0 aliphatic rings. The molecular formula is C15H22BrNO. The number of halogens is 1. The number of unbranched alkanes of at least 4 members (excludes halogenated alkanes) is 1. The highest BCUT2D eigenvalue weighted by Gasteiger charge is 2.19. The van der Waals surface area contributed by atoms with Gasteiger partial charge in [0.25, 0.3) is 5.91 Å². The first kappa shape index (κ1) is 15.2. The van der Waals surface area contributed by atoms with Gasteiger partial charge in [-0.2, -0.15) is 0 Å². The summed E-state index contributed by atoms with van der Waals surface area (Å²) in [6.45, 7) is 7.23. The van der Waals surface area contributed by atoms with Crippen LogP contribution >= 0.6 is 15.9 Å². The van der Waals surface area contributed by atoms with Gasteiger partial charge in [-0.25, -0.2) is 0 Å². The van der Waals surface area contributed by atoms with E-state index < -0.39 is 0 Å². The Balaban J connectivity index is 2.87. The summed E-state index contributed by atoms with van der Waals surface area (Å²) in [7, 11) is 0. The molecule has 1 atom stereocenters. The lowest BCUT2D eigenvalue weighted by molar-refractivity contribution is 0.0685. The molecule has 0 bridgehead atoms. The van der Waals surface area contributed by atoms with Crippen LogP contribution < -0.4 is 0 Å². The Morgan fingerprint density at radius 3 is 2.67 bits per heavy atom. The van der Waals surface area contributed by atoms with Crippen LogP contribution in [0.1, 0.15) is 50.4 Å². The van der Waals surface area contributed by atoms with Crippen LogP contribution in [0.5, 0.6) is 0 Å². The fourth-order valence-corrected chi connectivity index (χ4v) is 2.26. The summed E-state index contributed by atoms with van der Waals surface area (Å²) in [5.41, 5.74) is 0.765. The fraction of sp³-hybridized carbons (Fsp3) is 0.533. The van der Waals surface area contributed by atoms with Gasteiger partial charge in [0.15, 0.2) is 0 Å². The third-order valence-corrected chi connectivity index (χ3v) is 3.70. The topological polar surface area (TPSA) is 20.3 Å². The molecule has 3 heteroatoms. The zero-order valence-electron chi connectivity index (χ0n) is 11.4. The number of nitrogens with zero attached hydrogens (tertiary/aromatic N) is 1. The second kappa shape index (κ2) is 7.57. The molecule has 0 aliphatic heterocycles. The molecule has 1 rings (SSSR count). The van der Waals surface area contributed by atoms with Crippen molar-refractivity contribution in [3.63, 3.8) is 0 Å². The summed E-state index contributed by atoms with van der Waals surface area (Å²) < 4.78 is 0.952. The van der Waals surface area contributed by atoms with E-state index in [1.54, 1.807) is 0 Å². The Kier molecular flexibility index (Phi) is 6.41. The molecule has 0 radical (unpaired) electrons. The number of carbonyl (C=O) groups excluding carboxylic acids is 1. The highest BCUT2D eigenvalue weighted by atomic mass is 79.9. The Labute approximate surface area is 119 Å². The molecule has 1 aromatic rings. The number of benzene rings is 1. The van der Waals surface area contributed by atoms with E-state index in [1.807, 2.05) is 29.2 Å². The molecule has 0 saturated carbocycles. The number of carbonyl (C=O) groups is 1. The first-order chi connectivity index (χ1) is 8.60. The van der Waals surface area contributed by atoms with Gasteiger partial charge in [-0.05, 0) is 38.0 Å². The van der Waals surface area contributed by atoms with E-state index in [9.17, 15) is 4.79 Å². The fourth-order valence-electron chi connectivity index (χ4n) is 1.86. The van der Waals surface area contributed by atoms with Crippen LogP contribution in [0.25, 0.3) is 0 Å². The zero-order chi connectivity index (χ0) is 13.5. The molecule has 0 fully saturated rings. The quantitative estimate of drug-likeness (QED) is 0.758. The summed E-state index contributed by atoms with van der Waals surface area (Å²) in [6, 6.07) is 7.92. The van der Waals surface area contributed by atoms with Crippen LogP contribution in [0, 0.1) is 0 Å². The molecule has 0 aromatic heterocycles. The van der Waals surface area contributed by atoms with Crippen molar-refractivity contribution in [2.45, 2.75) is 46.1 Å². The van der Waals surface area contributed by atoms with Crippen molar-refractivity contribution in [1.82, 2.24) is 4.90 Å². The Bertz CT molecular complexity index is 392. The molecule has 100 valence electrons. The van der Waals surface area contributed by atoms with E-state index in [-0.39, 0.29) is 5.91 Å². The maximum absolute atomic E-state index is 12.5. The lowest BCUT2D eigenvalue weighted by atomic mass is 10.1. The molecule has 0 aliphatic carbocycles. The van der Waals surface area contributed by atoms with Gasteiger partial charge < -0.3 is 4.90 Å².